The Bertz CT molecular complexity index is 4980. The molecule has 3 aromatic heterocycles. The number of rotatable bonds is 12. The average molecular weight is 1550 g/mol. The van der Waals surface area contributed by atoms with Crippen LogP contribution in [-0.2, 0) is 42.9 Å². The summed E-state index contributed by atoms with van der Waals surface area (Å²) in [6, 6.07) is 23.1. The molecule has 110 heavy (non-hydrogen) atoms. The lowest BCUT2D eigenvalue weighted by atomic mass is 9.45. The van der Waals surface area contributed by atoms with Crippen LogP contribution in [0.25, 0.3) is 33.2 Å². The number of fused-ring (bicyclic) bond motifs is 18. The van der Waals surface area contributed by atoms with Gasteiger partial charge in [0.1, 0.15) is 16.7 Å². The number of carbonyl (C=O) groups is 6. The summed E-state index contributed by atoms with van der Waals surface area (Å²) in [5.41, 5.74) is -0.0871. The molecule has 0 amide bonds. The van der Waals surface area contributed by atoms with Crippen LogP contribution in [0.3, 0.4) is 0 Å². The van der Waals surface area contributed by atoms with E-state index >= 15 is 0 Å². The van der Waals surface area contributed by atoms with Crippen molar-refractivity contribution in [2.24, 2.45) is 112 Å². The van der Waals surface area contributed by atoms with Gasteiger partial charge in [0.05, 0.1) is 63.7 Å². The van der Waals surface area contributed by atoms with Crippen molar-refractivity contribution < 1.29 is 68.9 Å². The van der Waals surface area contributed by atoms with Crippen molar-refractivity contribution in [1.29, 1.82) is 0 Å². The molecule has 24 atom stereocenters. The summed E-state index contributed by atoms with van der Waals surface area (Å²) in [4.78, 5) is 91.2. The normalized spacial score (nSPS) is 41.0. The average Bonchev–Trinajstić information content (AvgIpc) is 0.851. The Balaban J connectivity index is 0.000000125. The fraction of sp³-hybridized carbons (Fsp3) is 0.557. The van der Waals surface area contributed by atoms with E-state index < -0.39 is 68.7 Å². The third-order valence-corrected chi connectivity index (χ3v) is 33.6. The van der Waals surface area contributed by atoms with E-state index in [1.165, 1.54) is 35.3 Å². The van der Waals surface area contributed by atoms with Gasteiger partial charge in [-0.1, -0.05) is 162 Å². The number of imidazole rings is 2. The van der Waals surface area contributed by atoms with E-state index in [-0.39, 0.29) is 129 Å². The van der Waals surface area contributed by atoms with Gasteiger partial charge in [-0.15, -0.1) is 0 Å². The van der Waals surface area contributed by atoms with Crippen LogP contribution in [0.4, 0.5) is 0 Å². The number of oxazole rings is 1. The number of para-hydroxylation sites is 6. The molecule has 0 radical (unpaired) electrons. The summed E-state index contributed by atoms with van der Waals surface area (Å²) in [5.74, 6) is 0.164. The molecular weight excluding hydrogens is 1450 g/mol. The fourth-order valence-corrected chi connectivity index (χ4v) is 28.1. The van der Waals surface area contributed by atoms with Gasteiger partial charge >= 0.3 is 0 Å². The fourth-order valence-electron chi connectivity index (χ4n) is 25.4. The number of nitrogens with zero attached hydrogens (tertiary/aromatic N) is 5. The van der Waals surface area contributed by atoms with Gasteiger partial charge in [0.15, 0.2) is 56.2 Å². The van der Waals surface area contributed by atoms with Gasteiger partial charge in [-0.3, -0.25) is 28.8 Å². The minimum absolute atomic E-state index is 0.0141. The van der Waals surface area contributed by atoms with Crippen LogP contribution in [0.2, 0.25) is 0 Å². The second-order valence-corrected chi connectivity index (χ2v) is 38.8. The van der Waals surface area contributed by atoms with Gasteiger partial charge in [-0.2, -0.15) is 0 Å². The zero-order chi connectivity index (χ0) is 78.1. The second-order valence-electron chi connectivity index (χ2n) is 36.0. The largest absolute Gasteiger partial charge is 0.431 e. The highest BCUT2D eigenvalue weighted by molar-refractivity contribution is 8.00. The summed E-state index contributed by atoms with van der Waals surface area (Å²) in [6.45, 7) is 16.6. The Morgan fingerprint density at radius 1 is 0.500 bits per heavy atom. The van der Waals surface area contributed by atoms with E-state index in [9.17, 15) is 64.5 Å². The molecule has 22 heteroatoms. The summed E-state index contributed by atoms with van der Waals surface area (Å²) in [5, 5.41) is 83.8. The highest BCUT2D eigenvalue weighted by Gasteiger charge is 2.73. The summed E-state index contributed by atoms with van der Waals surface area (Å²) >= 11 is 3.86. The number of Topliss-reactive ketones (excluding diaryl/α,β-unsaturated/α-hetero) is 3. The molecular formula is C88H103N5O14S3. The van der Waals surface area contributed by atoms with Crippen LogP contribution in [0.1, 0.15) is 132 Å². The van der Waals surface area contributed by atoms with E-state index in [0.717, 1.165) is 88.0 Å². The second kappa shape index (κ2) is 27.5. The lowest BCUT2D eigenvalue weighted by Crippen LogP contribution is -2.63. The minimum Gasteiger partial charge on any atom is -0.431 e. The van der Waals surface area contributed by atoms with Crippen LogP contribution < -0.4 is 0 Å². The lowest BCUT2D eigenvalue weighted by Gasteiger charge is -2.60. The maximum atomic E-state index is 13.7. The number of benzene rings is 3. The topological polar surface area (TPSA) is 306 Å². The number of aryl methyl sites for hydroxylation is 2. The molecule has 582 valence electrons. The first-order valence-corrected chi connectivity index (χ1v) is 42.4. The monoisotopic (exact) mass is 1550 g/mol. The highest BCUT2D eigenvalue weighted by Crippen LogP contribution is 2.72. The smallest absolute Gasteiger partial charge is 0.257 e. The third kappa shape index (κ3) is 11.6. The summed E-state index contributed by atoms with van der Waals surface area (Å²) in [6.07, 6.45) is 19.6. The first-order valence-electron chi connectivity index (χ1n) is 39.5. The Labute approximate surface area is 654 Å². The number of ketones is 6. The molecule has 7 N–H and O–H groups in total. The Morgan fingerprint density at radius 2 is 0.927 bits per heavy atom. The zero-order valence-corrected chi connectivity index (χ0v) is 66.8. The van der Waals surface area contributed by atoms with Crippen molar-refractivity contribution in [2.75, 3.05) is 17.3 Å². The van der Waals surface area contributed by atoms with Gasteiger partial charge in [0, 0.05) is 64.3 Å². The molecule has 12 aliphatic carbocycles. The predicted molar refractivity (Wildman–Crippen MR) is 422 cm³/mol. The van der Waals surface area contributed by atoms with E-state index in [1.807, 2.05) is 135 Å². The maximum Gasteiger partial charge on any atom is 0.257 e. The van der Waals surface area contributed by atoms with E-state index in [2.05, 4.69) is 49.6 Å². The number of aromatic nitrogens is 5. The van der Waals surface area contributed by atoms with Gasteiger partial charge < -0.3 is 49.3 Å². The van der Waals surface area contributed by atoms with Crippen LogP contribution in [0.15, 0.2) is 164 Å². The van der Waals surface area contributed by atoms with Crippen molar-refractivity contribution >= 4 is 103 Å². The number of hydrogen-bond donors (Lipinski definition) is 7. The Kier molecular flexibility index (Phi) is 19.3. The van der Waals surface area contributed by atoms with Gasteiger partial charge in [0.2, 0.25) is 0 Å². The quantitative estimate of drug-likeness (QED) is 0.0560. The van der Waals surface area contributed by atoms with Gasteiger partial charge in [-0.25, -0.2) is 15.0 Å². The summed E-state index contributed by atoms with van der Waals surface area (Å²) < 4.78 is 9.67. The molecule has 12 aliphatic rings. The molecule has 0 bridgehead atoms. The van der Waals surface area contributed by atoms with E-state index in [1.54, 1.807) is 36.5 Å². The molecule has 9 saturated carbocycles. The van der Waals surface area contributed by atoms with Crippen LogP contribution in [0, 0.1) is 97.6 Å². The predicted octanol–water partition coefficient (Wildman–Crippen LogP) is 12.5. The molecule has 6 aromatic rings. The van der Waals surface area contributed by atoms with Crippen LogP contribution >= 0.6 is 35.3 Å². The van der Waals surface area contributed by atoms with Crippen LogP contribution in [-0.4, -0.2) is 153 Å². The van der Waals surface area contributed by atoms with E-state index in [0.29, 0.717) is 48.1 Å². The maximum absolute atomic E-state index is 13.7. The molecule has 9 fully saturated rings. The number of aliphatic hydroxyl groups is 7. The van der Waals surface area contributed by atoms with E-state index in [4.69, 9.17) is 4.42 Å². The molecule has 3 heterocycles. The minimum atomic E-state index is -1.95. The lowest BCUT2D eigenvalue weighted by molar-refractivity contribution is -0.186. The number of carbonyl (C=O) groups excluding carboxylic acids is 6. The first-order chi connectivity index (χ1) is 52.1. The Morgan fingerprint density at radius 3 is 1.42 bits per heavy atom. The van der Waals surface area contributed by atoms with Gasteiger partial charge in [0.25, 0.3) is 5.22 Å². The standard InChI is InChI=1S/C30H36N2O4S.C29H34N2O5S.C29H33NO5S/c1-17-13-19-20-10-12-30(36,25(35)16-37-27-31-22-7-5-6-8-23(22)32(27)4)29(20,3)15-24(34)26(19)28(2)11-9-18(33)14-21(17)28;1-27-11-10-17(32)12-16(27)8-9-18-19-13-23(34)29(36,28(19,2)14-22(33)25(18)27)24(35)15-37-26-30-20-6-4-5-7-21(20)31(26)3;1-16-12-18-19-9-11-29(34,24(33)15-36-26-30-21-6-4-5-7-23(21)35-26)28(19,3)14-22(32)25(18)27(2)10-8-17(31)13-20(16)27/h5-9,11,14,17,19-20,24,26,34,36H,10,12-13,15-16H2,1-4H3;4-7,10-12,18-19,22-23,25,33-34,36H,8-9,13-15H2,1-3H3;4-8,10,13,16,18-19,22,25,32,34H,9,11-12,14-15H2,1-3H3/t17-,19?,20?,24-,26?,28?,29?,30-;18?,19?,22-,23+,25?,27?,28?,29-;16-,18?,19?,22-,25+,27?,28?,29-/m000/s1. The first kappa shape index (κ1) is 77.2. The van der Waals surface area contributed by atoms with Crippen LogP contribution in [0.5, 0.6) is 0 Å². The van der Waals surface area contributed by atoms with Crippen molar-refractivity contribution in [2.45, 2.75) is 189 Å². The molecule has 0 aliphatic heterocycles. The number of hydrogen-bond acceptors (Lipinski definition) is 20. The van der Waals surface area contributed by atoms with Crippen molar-refractivity contribution in [3.8, 4) is 0 Å². The third-order valence-electron chi connectivity index (χ3n) is 30.8. The molecule has 3 aromatic carbocycles. The molecule has 18 rings (SSSR count). The van der Waals surface area contributed by atoms with Crippen molar-refractivity contribution in [3.05, 3.63) is 144 Å². The molecule has 0 spiro atoms. The summed E-state index contributed by atoms with van der Waals surface area (Å²) in [7, 11) is 3.85. The van der Waals surface area contributed by atoms with Gasteiger partial charge in [-0.05, 0) is 197 Å². The Hall–Kier alpha value is -6.70. The molecule has 14 unspecified atom stereocenters. The SMILES string of the molecule is C[C@H]1CC2C([C@@H](O)CC3(C)C2CC[C@]3(O)C(=O)CSc2nc3ccccc3n2C)C2(C)C=CC(=O)C=C12.C[C@H]1CC2C3CC[C@](O)(C(=O)CSc4nc5ccccc5o4)C3(C)C[C@H](O)[C@@H]2C2(C)C=CC(=O)C=C12.Cn1c(SCC(=O)[C@@]2(O)[C@H](O)CC3C4CCC5=CC(=O)C=CC5(C)C4[C@@H](O)CC32C)nc2ccccc21. The molecule has 0 saturated heterocycles. The van der Waals surface area contributed by atoms with Crippen molar-refractivity contribution in [1.82, 2.24) is 24.1 Å². The molecule has 19 nitrogen and oxygen atoms in total. The zero-order valence-electron chi connectivity index (χ0n) is 64.3. The van der Waals surface area contributed by atoms with Crippen molar-refractivity contribution in [3.63, 3.8) is 0 Å². The number of aliphatic hydroxyl groups excluding tert-OH is 4. The highest BCUT2D eigenvalue weighted by atomic mass is 32.2. The number of allylic oxidation sites excluding steroid dienone is 12. The number of thioether (sulfide) groups is 3.